The normalized spacial score (nSPS) is 15.2. The Labute approximate surface area is 107 Å². The summed E-state index contributed by atoms with van der Waals surface area (Å²) in [6.45, 7) is 0.475. The van der Waals surface area contributed by atoms with Crippen LogP contribution in [0.2, 0.25) is 0 Å². The van der Waals surface area contributed by atoms with E-state index in [2.05, 4.69) is 15.9 Å². The van der Waals surface area contributed by atoms with Gasteiger partial charge in [-0.1, -0.05) is 15.9 Å². The second kappa shape index (κ2) is 5.14. The first-order valence-electron chi connectivity index (χ1n) is 5.46. The third-order valence-corrected chi connectivity index (χ3v) is 3.56. The van der Waals surface area contributed by atoms with Crippen molar-refractivity contribution >= 4 is 21.9 Å². The Hall–Kier alpha value is -0.940. The predicted octanol–water partition coefficient (Wildman–Crippen LogP) is 2.64. The van der Waals surface area contributed by atoms with Crippen LogP contribution in [-0.4, -0.2) is 28.6 Å². The molecular formula is C12H13BrFNO2. The molecule has 2 rings (SSSR count). The Morgan fingerprint density at radius 1 is 1.53 bits per heavy atom. The Morgan fingerprint density at radius 3 is 2.82 bits per heavy atom. The molecule has 0 aliphatic heterocycles. The molecule has 92 valence electrons. The lowest BCUT2D eigenvalue weighted by molar-refractivity contribution is -0.138. The Balaban J connectivity index is 2.10. The monoisotopic (exact) mass is 301 g/mol. The lowest BCUT2D eigenvalue weighted by Gasteiger charge is -2.20. The highest BCUT2D eigenvalue weighted by Crippen LogP contribution is 2.29. The largest absolute Gasteiger partial charge is 0.480 e. The van der Waals surface area contributed by atoms with Crippen LogP contribution in [0.3, 0.4) is 0 Å². The molecule has 1 aromatic rings. The van der Waals surface area contributed by atoms with Gasteiger partial charge in [-0.15, -0.1) is 0 Å². The molecule has 3 nitrogen and oxygen atoms in total. The molecule has 0 atom stereocenters. The van der Waals surface area contributed by atoms with Crippen molar-refractivity contribution in [3.63, 3.8) is 0 Å². The highest BCUT2D eigenvalue weighted by atomic mass is 79.9. The van der Waals surface area contributed by atoms with Crippen LogP contribution in [-0.2, 0) is 11.3 Å². The third-order valence-electron chi connectivity index (χ3n) is 2.78. The van der Waals surface area contributed by atoms with E-state index in [0.717, 1.165) is 22.9 Å². The Morgan fingerprint density at radius 2 is 2.24 bits per heavy atom. The summed E-state index contributed by atoms with van der Waals surface area (Å²) in [5.74, 6) is -1.14. The number of hydrogen-bond acceptors (Lipinski definition) is 2. The zero-order valence-corrected chi connectivity index (χ0v) is 10.8. The van der Waals surface area contributed by atoms with Crippen molar-refractivity contribution in [3.8, 4) is 0 Å². The van der Waals surface area contributed by atoms with Gasteiger partial charge in [-0.3, -0.25) is 9.69 Å². The zero-order valence-electron chi connectivity index (χ0n) is 9.20. The second-order valence-corrected chi connectivity index (χ2v) is 5.12. The Bertz CT molecular complexity index is 435. The average Bonchev–Trinajstić information content (AvgIpc) is 3.05. The smallest absolute Gasteiger partial charge is 0.317 e. The van der Waals surface area contributed by atoms with Gasteiger partial charge in [0.15, 0.2) is 0 Å². The number of benzene rings is 1. The minimum atomic E-state index is -0.843. The molecule has 0 radical (unpaired) electrons. The molecule has 0 bridgehead atoms. The number of carbonyl (C=O) groups is 1. The first-order valence-corrected chi connectivity index (χ1v) is 6.25. The van der Waals surface area contributed by atoms with Crippen molar-refractivity contribution in [2.75, 3.05) is 6.54 Å². The van der Waals surface area contributed by atoms with Crippen LogP contribution in [0, 0.1) is 5.82 Å². The van der Waals surface area contributed by atoms with Crippen LogP contribution < -0.4 is 0 Å². The number of carboxylic acid groups (broad SMARTS) is 1. The lowest BCUT2D eigenvalue weighted by Crippen LogP contribution is -2.31. The highest BCUT2D eigenvalue weighted by molar-refractivity contribution is 9.10. The van der Waals surface area contributed by atoms with Crippen molar-refractivity contribution in [1.82, 2.24) is 4.90 Å². The van der Waals surface area contributed by atoms with Crippen molar-refractivity contribution < 1.29 is 14.3 Å². The summed E-state index contributed by atoms with van der Waals surface area (Å²) >= 11 is 3.35. The van der Waals surface area contributed by atoms with Crippen molar-refractivity contribution in [2.24, 2.45) is 0 Å². The summed E-state index contributed by atoms with van der Waals surface area (Å²) in [4.78, 5) is 12.6. The molecule has 0 amide bonds. The van der Waals surface area contributed by atoms with Crippen LogP contribution in [0.4, 0.5) is 4.39 Å². The van der Waals surface area contributed by atoms with Gasteiger partial charge in [0.25, 0.3) is 0 Å². The molecule has 17 heavy (non-hydrogen) atoms. The lowest BCUT2D eigenvalue weighted by atomic mass is 10.2. The number of carboxylic acids is 1. The number of aliphatic carboxylic acids is 1. The first kappa shape index (κ1) is 12.5. The molecule has 1 fully saturated rings. The van der Waals surface area contributed by atoms with Crippen LogP contribution in [0.15, 0.2) is 22.7 Å². The third kappa shape index (κ3) is 3.51. The van der Waals surface area contributed by atoms with Crippen LogP contribution >= 0.6 is 15.9 Å². The quantitative estimate of drug-likeness (QED) is 0.909. The van der Waals surface area contributed by atoms with E-state index in [1.807, 2.05) is 4.90 Å². The molecular weight excluding hydrogens is 289 g/mol. The fraction of sp³-hybridized carbons (Fsp3) is 0.417. The minimum absolute atomic E-state index is 0.00756. The number of halogens is 2. The average molecular weight is 302 g/mol. The topological polar surface area (TPSA) is 40.5 Å². The minimum Gasteiger partial charge on any atom is -0.480 e. The molecule has 0 aromatic heterocycles. The van der Waals surface area contributed by atoms with Gasteiger partial charge in [-0.2, -0.15) is 0 Å². The van der Waals surface area contributed by atoms with Crippen LogP contribution in [0.5, 0.6) is 0 Å². The summed E-state index contributed by atoms with van der Waals surface area (Å²) in [5, 5.41) is 8.84. The van der Waals surface area contributed by atoms with Crippen molar-refractivity contribution in [3.05, 3.63) is 34.1 Å². The van der Waals surface area contributed by atoms with Gasteiger partial charge < -0.3 is 5.11 Å². The molecule has 1 aliphatic carbocycles. The highest BCUT2D eigenvalue weighted by Gasteiger charge is 2.30. The van der Waals surface area contributed by atoms with E-state index in [-0.39, 0.29) is 12.4 Å². The predicted molar refractivity (Wildman–Crippen MR) is 65.2 cm³/mol. The summed E-state index contributed by atoms with van der Waals surface area (Å²) in [6, 6.07) is 4.81. The number of hydrogen-bond donors (Lipinski definition) is 1. The van der Waals surface area contributed by atoms with Gasteiger partial charge in [0.1, 0.15) is 5.82 Å². The summed E-state index contributed by atoms with van der Waals surface area (Å²) in [5.41, 5.74) is 0.790. The van der Waals surface area contributed by atoms with Gasteiger partial charge in [0.2, 0.25) is 0 Å². The molecule has 0 unspecified atom stereocenters. The van der Waals surface area contributed by atoms with Gasteiger partial charge in [0.05, 0.1) is 6.54 Å². The van der Waals surface area contributed by atoms with E-state index < -0.39 is 5.97 Å². The molecule has 0 spiro atoms. The summed E-state index contributed by atoms with van der Waals surface area (Å²) in [7, 11) is 0. The standard InChI is InChI=1S/C12H13BrFNO2/c13-11-4-1-9(14)5-8(11)6-15(7-12(16)17)10-2-3-10/h1,4-5,10H,2-3,6-7H2,(H,16,17). The zero-order chi connectivity index (χ0) is 12.4. The summed E-state index contributed by atoms with van der Waals surface area (Å²) < 4.78 is 13.9. The van der Waals surface area contributed by atoms with E-state index in [1.54, 1.807) is 6.07 Å². The van der Waals surface area contributed by atoms with Gasteiger partial charge in [-0.25, -0.2) is 4.39 Å². The van der Waals surface area contributed by atoms with E-state index in [9.17, 15) is 9.18 Å². The van der Waals surface area contributed by atoms with E-state index >= 15 is 0 Å². The number of nitrogens with zero attached hydrogens (tertiary/aromatic N) is 1. The molecule has 0 saturated heterocycles. The van der Waals surface area contributed by atoms with Crippen molar-refractivity contribution in [2.45, 2.75) is 25.4 Å². The van der Waals surface area contributed by atoms with E-state index in [0.29, 0.717) is 12.6 Å². The molecule has 0 heterocycles. The Kier molecular flexibility index (Phi) is 3.79. The van der Waals surface area contributed by atoms with Gasteiger partial charge >= 0.3 is 5.97 Å². The van der Waals surface area contributed by atoms with Crippen LogP contribution in [0.25, 0.3) is 0 Å². The summed E-state index contributed by atoms with van der Waals surface area (Å²) in [6.07, 6.45) is 2.06. The fourth-order valence-corrected chi connectivity index (χ4v) is 2.18. The first-order chi connectivity index (χ1) is 8.06. The number of rotatable bonds is 5. The van der Waals surface area contributed by atoms with Gasteiger partial charge in [0, 0.05) is 17.1 Å². The van der Waals surface area contributed by atoms with Crippen molar-refractivity contribution in [1.29, 1.82) is 0 Å². The van der Waals surface area contributed by atoms with Gasteiger partial charge in [-0.05, 0) is 36.6 Å². The maximum Gasteiger partial charge on any atom is 0.317 e. The molecule has 5 heteroatoms. The van der Waals surface area contributed by atoms with E-state index in [1.165, 1.54) is 12.1 Å². The SMILES string of the molecule is O=C(O)CN(Cc1cc(F)ccc1Br)C1CC1. The molecule has 1 aliphatic rings. The second-order valence-electron chi connectivity index (χ2n) is 4.27. The fourth-order valence-electron chi connectivity index (χ4n) is 1.81. The maximum atomic E-state index is 13.1. The molecule has 1 aromatic carbocycles. The molecule has 1 N–H and O–H groups in total. The maximum absolute atomic E-state index is 13.1. The van der Waals surface area contributed by atoms with E-state index in [4.69, 9.17) is 5.11 Å². The van der Waals surface area contributed by atoms with Crippen LogP contribution in [0.1, 0.15) is 18.4 Å². The molecule has 1 saturated carbocycles.